The highest BCUT2D eigenvalue weighted by Gasteiger charge is 2.54. The van der Waals surface area contributed by atoms with Gasteiger partial charge in [-0.3, -0.25) is 0 Å². The van der Waals surface area contributed by atoms with Crippen LogP contribution >= 0.6 is 23.5 Å². The van der Waals surface area contributed by atoms with Crippen molar-refractivity contribution in [2.24, 2.45) is 53.3 Å². The molecule has 4 aliphatic carbocycles. The molecule has 0 aromatic heterocycles. The first-order valence-corrected chi connectivity index (χ1v) is 14.0. The second-order valence-corrected chi connectivity index (χ2v) is 14.2. The van der Waals surface area contributed by atoms with Crippen molar-refractivity contribution >= 4 is 23.5 Å². The standard InChI is InChI=1S/C26H38S2/c1-14-9-19-12-17-5-4-6-18(17)13-22(19)20(14)7-8-21-25-23(10-15(2)27-25)24-11-16(3)28-26(21)24/h10-11,14,17-26H,4-9,12-13H2,1-3H3. The van der Waals surface area contributed by atoms with E-state index in [4.69, 9.17) is 0 Å². The van der Waals surface area contributed by atoms with Crippen molar-refractivity contribution < 1.29 is 0 Å². The van der Waals surface area contributed by atoms with E-state index in [9.17, 15) is 0 Å². The topological polar surface area (TPSA) is 0 Å². The molecule has 2 heterocycles. The van der Waals surface area contributed by atoms with Crippen molar-refractivity contribution in [1.29, 1.82) is 0 Å². The van der Waals surface area contributed by atoms with E-state index in [-0.39, 0.29) is 0 Å². The second-order valence-electron chi connectivity index (χ2n) is 11.3. The lowest BCUT2D eigenvalue weighted by Gasteiger charge is -2.38. The number of hydrogen-bond donors (Lipinski definition) is 0. The van der Waals surface area contributed by atoms with Crippen molar-refractivity contribution in [3.63, 3.8) is 0 Å². The van der Waals surface area contributed by atoms with Crippen molar-refractivity contribution in [1.82, 2.24) is 0 Å². The summed E-state index contributed by atoms with van der Waals surface area (Å²) in [6.07, 6.45) is 17.8. The molecule has 0 aromatic rings. The molecule has 4 fully saturated rings. The summed E-state index contributed by atoms with van der Waals surface area (Å²) in [6, 6.07) is 0. The summed E-state index contributed by atoms with van der Waals surface area (Å²) < 4.78 is 0. The zero-order valence-corrected chi connectivity index (χ0v) is 19.6. The summed E-state index contributed by atoms with van der Waals surface area (Å²) in [4.78, 5) is 3.21. The minimum Gasteiger partial charge on any atom is -0.127 e. The highest BCUT2D eigenvalue weighted by Crippen LogP contribution is 2.62. The number of rotatable bonds is 3. The molecular formula is C26H38S2. The van der Waals surface area contributed by atoms with E-state index in [0.717, 1.165) is 63.8 Å². The normalized spacial score (nSPS) is 54.2. The van der Waals surface area contributed by atoms with Gasteiger partial charge in [-0.25, -0.2) is 0 Å². The molecule has 4 saturated carbocycles. The van der Waals surface area contributed by atoms with Crippen LogP contribution in [-0.4, -0.2) is 10.5 Å². The minimum atomic E-state index is 0.840. The van der Waals surface area contributed by atoms with Gasteiger partial charge in [-0.15, -0.1) is 23.5 Å². The molecule has 0 amide bonds. The first-order valence-electron chi connectivity index (χ1n) is 12.3. The summed E-state index contributed by atoms with van der Waals surface area (Å²) in [5, 5.41) is 1.79. The number of thioether (sulfide) groups is 2. The Kier molecular flexibility index (Phi) is 4.80. The Morgan fingerprint density at radius 3 is 2.07 bits per heavy atom. The monoisotopic (exact) mass is 414 g/mol. The summed E-state index contributed by atoms with van der Waals surface area (Å²) in [7, 11) is 0. The predicted octanol–water partition coefficient (Wildman–Crippen LogP) is 7.77. The van der Waals surface area contributed by atoms with Crippen molar-refractivity contribution in [2.75, 3.05) is 0 Å². The molecule has 6 rings (SSSR count). The van der Waals surface area contributed by atoms with Crippen LogP contribution < -0.4 is 0 Å². The van der Waals surface area contributed by atoms with Crippen LogP contribution in [0.3, 0.4) is 0 Å². The fourth-order valence-corrected chi connectivity index (χ4v) is 12.1. The van der Waals surface area contributed by atoms with E-state index in [1.54, 1.807) is 41.9 Å². The predicted molar refractivity (Wildman–Crippen MR) is 124 cm³/mol. The van der Waals surface area contributed by atoms with Gasteiger partial charge in [-0.05, 0) is 109 Å². The number of hydrogen-bond acceptors (Lipinski definition) is 2. The summed E-state index contributed by atoms with van der Waals surface area (Å²) >= 11 is 4.48. The third kappa shape index (κ3) is 2.94. The van der Waals surface area contributed by atoms with E-state index in [1.165, 1.54) is 19.3 Å². The molecule has 154 valence electrons. The molecule has 0 bridgehead atoms. The minimum absolute atomic E-state index is 0.840. The van der Waals surface area contributed by atoms with Crippen LogP contribution in [0.4, 0.5) is 0 Å². The quantitative estimate of drug-likeness (QED) is 0.462. The molecular weight excluding hydrogens is 376 g/mol. The van der Waals surface area contributed by atoms with Crippen LogP contribution in [0.1, 0.15) is 72.1 Å². The lowest BCUT2D eigenvalue weighted by molar-refractivity contribution is 0.121. The summed E-state index contributed by atoms with van der Waals surface area (Å²) in [6.45, 7) is 7.33. The maximum Gasteiger partial charge on any atom is 0.0199 e. The van der Waals surface area contributed by atoms with Gasteiger partial charge in [0.1, 0.15) is 0 Å². The summed E-state index contributed by atoms with van der Waals surface area (Å²) in [5.41, 5.74) is 0. The highest BCUT2D eigenvalue weighted by molar-refractivity contribution is 8.05. The molecule has 0 aromatic carbocycles. The van der Waals surface area contributed by atoms with Gasteiger partial charge in [-0.1, -0.05) is 38.3 Å². The molecule has 10 atom stereocenters. The van der Waals surface area contributed by atoms with Gasteiger partial charge in [-0.2, -0.15) is 0 Å². The number of fused-ring (bicyclic) bond motifs is 5. The molecule has 28 heavy (non-hydrogen) atoms. The van der Waals surface area contributed by atoms with Gasteiger partial charge >= 0.3 is 0 Å². The first-order chi connectivity index (χ1) is 13.6. The lowest BCUT2D eigenvalue weighted by Crippen LogP contribution is -2.30. The molecule has 0 N–H and O–H groups in total. The van der Waals surface area contributed by atoms with Gasteiger partial charge in [0.25, 0.3) is 0 Å². The molecule has 2 aliphatic heterocycles. The lowest BCUT2D eigenvalue weighted by atomic mass is 9.68. The molecule has 0 spiro atoms. The largest absolute Gasteiger partial charge is 0.127 e. The van der Waals surface area contributed by atoms with Gasteiger partial charge in [0, 0.05) is 10.5 Å². The van der Waals surface area contributed by atoms with Gasteiger partial charge in [0.15, 0.2) is 0 Å². The Morgan fingerprint density at radius 1 is 0.786 bits per heavy atom. The van der Waals surface area contributed by atoms with Gasteiger partial charge in [0.05, 0.1) is 0 Å². The Morgan fingerprint density at radius 2 is 1.39 bits per heavy atom. The van der Waals surface area contributed by atoms with Gasteiger partial charge < -0.3 is 0 Å². The molecule has 0 saturated heterocycles. The third-order valence-corrected chi connectivity index (χ3v) is 12.8. The van der Waals surface area contributed by atoms with Crippen LogP contribution in [-0.2, 0) is 0 Å². The Balaban J connectivity index is 1.16. The van der Waals surface area contributed by atoms with Crippen LogP contribution in [0.5, 0.6) is 0 Å². The van der Waals surface area contributed by atoms with E-state index < -0.39 is 0 Å². The average molecular weight is 415 g/mol. The SMILES string of the molecule is CC1=CC2C3C=C(C)SC3C(CCC3C(C)CC4CC5CCCC5CC43)C2S1. The maximum absolute atomic E-state index is 2.64. The number of allylic oxidation sites excluding steroid dienone is 4. The second kappa shape index (κ2) is 7.11. The maximum atomic E-state index is 2.64. The van der Waals surface area contributed by atoms with Crippen LogP contribution in [0.15, 0.2) is 22.0 Å². The van der Waals surface area contributed by atoms with E-state index in [0.29, 0.717) is 0 Å². The molecule has 6 aliphatic rings. The fraction of sp³-hybridized carbons (Fsp3) is 0.846. The van der Waals surface area contributed by atoms with Crippen molar-refractivity contribution in [2.45, 2.75) is 82.6 Å². The summed E-state index contributed by atoms with van der Waals surface area (Å²) in [5.74, 6) is 9.09. The van der Waals surface area contributed by atoms with E-state index in [1.807, 2.05) is 0 Å². The molecule has 0 nitrogen and oxygen atoms in total. The van der Waals surface area contributed by atoms with E-state index >= 15 is 0 Å². The molecule has 10 unspecified atom stereocenters. The molecule has 2 heteroatoms. The first kappa shape index (κ1) is 18.9. The average Bonchev–Trinajstić information content (AvgIpc) is 3.42. The Labute approximate surface area is 181 Å². The smallest absolute Gasteiger partial charge is 0.0199 e. The zero-order chi connectivity index (χ0) is 19.0. The Hall–Kier alpha value is 0.180. The van der Waals surface area contributed by atoms with Crippen LogP contribution in [0.2, 0.25) is 0 Å². The van der Waals surface area contributed by atoms with Crippen molar-refractivity contribution in [3.8, 4) is 0 Å². The van der Waals surface area contributed by atoms with E-state index in [2.05, 4.69) is 56.4 Å². The van der Waals surface area contributed by atoms with Gasteiger partial charge in [0.2, 0.25) is 0 Å². The molecule has 0 radical (unpaired) electrons. The van der Waals surface area contributed by atoms with Crippen molar-refractivity contribution in [3.05, 3.63) is 22.0 Å². The zero-order valence-electron chi connectivity index (χ0n) is 18.0. The Bertz CT molecular complexity index is 661. The third-order valence-electron chi connectivity index (χ3n) is 9.94. The highest BCUT2D eigenvalue weighted by atomic mass is 32.2. The fourth-order valence-electron chi connectivity index (χ4n) is 8.91. The van der Waals surface area contributed by atoms with Crippen LogP contribution in [0, 0.1) is 53.3 Å². The van der Waals surface area contributed by atoms with Crippen LogP contribution in [0.25, 0.3) is 0 Å².